The van der Waals surface area contributed by atoms with Crippen LogP contribution in [0.15, 0.2) is 86.6 Å². The molecule has 6 aromatic rings. The van der Waals surface area contributed by atoms with Gasteiger partial charge in [0.1, 0.15) is 16.7 Å². The largest absolute Gasteiger partial charge is 0.481 e. The molecule has 0 saturated carbocycles. The Kier molecular flexibility index (Phi) is 12.0. The van der Waals surface area contributed by atoms with Crippen LogP contribution in [0.2, 0.25) is 0 Å². The summed E-state index contributed by atoms with van der Waals surface area (Å²) >= 11 is 0. The first kappa shape index (κ1) is 40.9. The summed E-state index contributed by atoms with van der Waals surface area (Å²) in [7, 11) is 0. The van der Waals surface area contributed by atoms with Gasteiger partial charge in [0.05, 0.1) is 36.5 Å². The average molecular weight is 831 g/mol. The lowest BCUT2D eigenvalue weighted by molar-refractivity contribution is -0.144. The molecule has 3 saturated heterocycles. The normalized spacial score (nSPS) is 20.9. The van der Waals surface area contributed by atoms with E-state index in [1.165, 1.54) is 0 Å². The van der Waals surface area contributed by atoms with Gasteiger partial charge in [-0.15, -0.1) is 0 Å². The van der Waals surface area contributed by atoms with Gasteiger partial charge in [0, 0.05) is 52.5 Å². The maximum atomic E-state index is 12.4. The third-order valence-electron chi connectivity index (χ3n) is 13.7. The van der Waals surface area contributed by atoms with Gasteiger partial charge in [-0.1, -0.05) is 18.2 Å². The van der Waals surface area contributed by atoms with E-state index < -0.39 is 35.7 Å². The molecule has 3 fully saturated rings. The fourth-order valence-electron chi connectivity index (χ4n) is 10.2. The molecule has 13 heteroatoms. The number of rotatable bonds is 18. The summed E-state index contributed by atoms with van der Waals surface area (Å²) in [5.74, 6) is -3.56. The molecule has 320 valence electrons. The Hall–Kier alpha value is -5.47. The Bertz CT molecular complexity index is 2240. The van der Waals surface area contributed by atoms with Gasteiger partial charge in [-0.25, -0.2) is 0 Å². The van der Waals surface area contributed by atoms with Crippen molar-refractivity contribution in [2.75, 3.05) is 39.3 Å². The molecule has 0 amide bonds. The van der Waals surface area contributed by atoms with Crippen molar-refractivity contribution in [3.63, 3.8) is 0 Å². The SMILES string of the molecule is O=C(O)[C@@H](Cc1ccc2occ(CN(Cc3coc4ccc(C[C@H](C(=O)O)[C@H]5CCNC5)cc34)Cc3coc4ccc(C[C@H](C(=O)O)[C@H]5CCNC5)cc34)c2c1)[C@H]1CCNC1. The van der Waals surface area contributed by atoms with Crippen molar-refractivity contribution in [2.45, 2.75) is 58.2 Å². The lowest BCUT2D eigenvalue weighted by atomic mass is 9.86. The maximum absolute atomic E-state index is 12.4. The predicted octanol–water partition coefficient (Wildman–Crippen LogP) is 6.69. The van der Waals surface area contributed by atoms with E-state index in [2.05, 4.69) is 39.0 Å². The molecular formula is C48H54N4O9. The molecule has 6 atom stereocenters. The third-order valence-corrected chi connectivity index (χ3v) is 13.7. The molecule has 0 aliphatic carbocycles. The Morgan fingerprint density at radius 3 is 1.10 bits per heavy atom. The minimum absolute atomic E-state index is 0.0765. The summed E-state index contributed by atoms with van der Waals surface area (Å²) in [4.78, 5) is 39.5. The van der Waals surface area contributed by atoms with Crippen LogP contribution in [-0.2, 0) is 53.3 Å². The molecule has 61 heavy (non-hydrogen) atoms. The van der Waals surface area contributed by atoms with Crippen LogP contribution in [0.1, 0.15) is 52.6 Å². The molecule has 3 aromatic carbocycles. The first-order chi connectivity index (χ1) is 29.7. The highest BCUT2D eigenvalue weighted by Crippen LogP contribution is 2.34. The second kappa shape index (κ2) is 17.9. The van der Waals surface area contributed by atoms with Crippen molar-refractivity contribution < 1.29 is 43.0 Å². The minimum atomic E-state index is -0.776. The molecule has 3 aliphatic rings. The monoisotopic (exact) mass is 830 g/mol. The van der Waals surface area contributed by atoms with Gasteiger partial charge in [-0.3, -0.25) is 19.3 Å². The summed E-state index contributed by atoms with van der Waals surface area (Å²) in [6.45, 7) is 6.05. The molecule has 6 N–H and O–H groups in total. The number of furan rings is 3. The third kappa shape index (κ3) is 8.97. The number of benzene rings is 3. The van der Waals surface area contributed by atoms with E-state index >= 15 is 0 Å². The Balaban J connectivity index is 1.03. The second-order valence-corrected chi connectivity index (χ2v) is 17.6. The summed E-state index contributed by atoms with van der Waals surface area (Å²) in [6.07, 6.45) is 9.16. The van der Waals surface area contributed by atoms with Crippen molar-refractivity contribution in [1.82, 2.24) is 20.9 Å². The van der Waals surface area contributed by atoms with E-state index in [1.54, 1.807) is 18.8 Å². The zero-order valence-corrected chi connectivity index (χ0v) is 34.2. The first-order valence-electron chi connectivity index (χ1n) is 21.7. The van der Waals surface area contributed by atoms with Crippen LogP contribution in [0.4, 0.5) is 0 Å². The smallest absolute Gasteiger partial charge is 0.307 e. The molecule has 6 heterocycles. The number of hydrogen-bond acceptors (Lipinski definition) is 10. The summed E-state index contributed by atoms with van der Waals surface area (Å²) in [5.41, 5.74) is 7.88. The van der Waals surface area contributed by atoms with Crippen LogP contribution in [0.3, 0.4) is 0 Å². The van der Waals surface area contributed by atoms with E-state index in [-0.39, 0.29) is 17.8 Å². The number of carbonyl (C=O) groups is 3. The van der Waals surface area contributed by atoms with Crippen LogP contribution >= 0.6 is 0 Å². The highest BCUT2D eigenvalue weighted by atomic mass is 16.4. The lowest BCUT2D eigenvalue weighted by Crippen LogP contribution is -2.27. The van der Waals surface area contributed by atoms with E-state index in [4.69, 9.17) is 13.3 Å². The van der Waals surface area contributed by atoms with Crippen molar-refractivity contribution in [1.29, 1.82) is 0 Å². The highest BCUT2D eigenvalue weighted by Gasteiger charge is 2.33. The van der Waals surface area contributed by atoms with Crippen LogP contribution in [0.5, 0.6) is 0 Å². The van der Waals surface area contributed by atoms with Gasteiger partial charge in [0.15, 0.2) is 0 Å². The second-order valence-electron chi connectivity index (χ2n) is 17.6. The highest BCUT2D eigenvalue weighted by molar-refractivity contribution is 5.84. The van der Waals surface area contributed by atoms with E-state index in [9.17, 15) is 29.7 Å². The van der Waals surface area contributed by atoms with Gasteiger partial charge >= 0.3 is 17.9 Å². The fraction of sp³-hybridized carbons (Fsp3) is 0.438. The zero-order chi connectivity index (χ0) is 42.0. The minimum Gasteiger partial charge on any atom is -0.481 e. The van der Waals surface area contributed by atoms with Crippen molar-refractivity contribution in [3.05, 3.63) is 107 Å². The molecule has 0 radical (unpaired) electrons. The van der Waals surface area contributed by atoms with Crippen LogP contribution in [0, 0.1) is 35.5 Å². The molecule has 9 rings (SSSR count). The van der Waals surface area contributed by atoms with Crippen LogP contribution in [0.25, 0.3) is 32.9 Å². The Morgan fingerprint density at radius 1 is 0.525 bits per heavy atom. The molecule has 0 bridgehead atoms. The molecule has 3 aliphatic heterocycles. The molecule has 13 nitrogen and oxygen atoms in total. The number of carboxylic acid groups (broad SMARTS) is 3. The quantitative estimate of drug-likeness (QED) is 0.0538. The predicted molar refractivity (Wildman–Crippen MR) is 229 cm³/mol. The molecule has 0 spiro atoms. The Labute approximate surface area is 353 Å². The zero-order valence-electron chi connectivity index (χ0n) is 34.2. The topological polar surface area (TPSA) is 191 Å². The number of carboxylic acids is 3. The number of nitrogens with one attached hydrogen (secondary N) is 3. The van der Waals surface area contributed by atoms with Gasteiger partial charge in [0.25, 0.3) is 0 Å². The fourth-order valence-corrected chi connectivity index (χ4v) is 10.2. The van der Waals surface area contributed by atoms with Crippen molar-refractivity contribution >= 4 is 50.8 Å². The molecule has 3 aromatic heterocycles. The van der Waals surface area contributed by atoms with Gasteiger partial charge < -0.3 is 44.5 Å². The van der Waals surface area contributed by atoms with Crippen LogP contribution < -0.4 is 16.0 Å². The number of nitrogens with zero attached hydrogens (tertiary/aromatic N) is 1. The van der Waals surface area contributed by atoms with Gasteiger partial charge in [0.2, 0.25) is 0 Å². The standard InChI is InChI=1S/C48H54N4O9/c53-46(54)40(31-7-10-49-19-31)16-28-1-4-43-37(13-28)34(25-59-43)22-52(23-35-26-60-44-5-2-29(14-38(35)44)17-41(47(55)56)32-8-11-50-20-32)24-36-27-61-45-6-3-30(15-39(36)45)18-42(48(57)58)33-9-12-51-21-33/h1-6,13-15,25-27,31-33,40-42,49-51H,7-12,16-24H2,(H,53,54)(H,55,56)(H,57,58)/t31-,32-,33-,40-,41-,42-/m0/s1. The molecular weight excluding hydrogens is 777 g/mol. The number of aliphatic carboxylic acids is 3. The maximum Gasteiger partial charge on any atom is 0.307 e. The number of fused-ring (bicyclic) bond motifs is 3. The number of hydrogen-bond donors (Lipinski definition) is 6. The van der Waals surface area contributed by atoms with Crippen molar-refractivity contribution in [3.8, 4) is 0 Å². The lowest BCUT2D eigenvalue weighted by Gasteiger charge is -2.22. The van der Waals surface area contributed by atoms with Gasteiger partial charge in [-0.05, 0) is 149 Å². The summed E-state index contributed by atoms with van der Waals surface area (Å²) < 4.78 is 18.3. The average Bonchev–Trinajstić information content (AvgIpc) is 4.12. The first-order valence-corrected chi connectivity index (χ1v) is 21.7. The van der Waals surface area contributed by atoms with Crippen molar-refractivity contribution in [2.24, 2.45) is 35.5 Å². The van der Waals surface area contributed by atoms with Gasteiger partial charge in [-0.2, -0.15) is 0 Å². The summed E-state index contributed by atoms with van der Waals surface area (Å²) in [6, 6.07) is 17.9. The van der Waals surface area contributed by atoms with E-state index in [0.29, 0.717) is 58.5 Å². The summed E-state index contributed by atoms with van der Waals surface area (Å²) in [5, 5.41) is 43.3. The molecule has 0 unspecified atom stereocenters. The van der Waals surface area contributed by atoms with Crippen LogP contribution in [-0.4, -0.2) is 77.4 Å². The van der Waals surface area contributed by atoms with E-state index in [1.807, 2.05) is 36.4 Å². The Morgan fingerprint density at radius 2 is 0.836 bits per heavy atom. The van der Waals surface area contributed by atoms with E-state index in [0.717, 1.165) is 105 Å².